The van der Waals surface area contributed by atoms with Gasteiger partial charge in [0.05, 0.1) is 17.9 Å². The van der Waals surface area contributed by atoms with Crippen molar-refractivity contribution in [1.82, 2.24) is 20.1 Å². The first-order valence-electron chi connectivity index (χ1n) is 9.12. The second kappa shape index (κ2) is 8.19. The molecule has 1 aliphatic heterocycles. The van der Waals surface area contributed by atoms with E-state index in [9.17, 15) is 4.79 Å². The normalized spacial score (nSPS) is 19.3. The Hall–Kier alpha value is -2.25. The minimum atomic E-state index is -0.270. The molecule has 1 aliphatic rings. The number of aromatic nitrogens is 3. The third kappa shape index (κ3) is 4.36. The lowest BCUT2D eigenvalue weighted by Crippen LogP contribution is -2.59. The van der Waals surface area contributed by atoms with Gasteiger partial charge in [-0.05, 0) is 25.0 Å². The Labute approximate surface area is 164 Å². The molecule has 3 rings (SSSR count). The van der Waals surface area contributed by atoms with Crippen LogP contribution in [0, 0.1) is 5.92 Å². The molecule has 2 N–H and O–H groups in total. The predicted octanol–water partition coefficient (Wildman–Crippen LogP) is 2.21. The van der Waals surface area contributed by atoms with E-state index in [1.54, 1.807) is 6.20 Å². The molecule has 1 unspecified atom stereocenters. The highest BCUT2D eigenvalue weighted by molar-refractivity contribution is 6.30. The van der Waals surface area contributed by atoms with Gasteiger partial charge in [-0.25, -0.2) is 4.98 Å². The van der Waals surface area contributed by atoms with Crippen LogP contribution in [0.2, 0.25) is 5.02 Å². The van der Waals surface area contributed by atoms with Gasteiger partial charge in [0, 0.05) is 36.3 Å². The molecule has 1 aromatic carbocycles. The molecule has 2 atom stereocenters. The minimum Gasteiger partial charge on any atom is -0.368 e. The van der Waals surface area contributed by atoms with Crippen molar-refractivity contribution in [2.24, 2.45) is 11.7 Å². The van der Waals surface area contributed by atoms with E-state index in [1.807, 2.05) is 38.1 Å². The van der Waals surface area contributed by atoms with Crippen LogP contribution in [0.15, 0.2) is 30.5 Å². The van der Waals surface area contributed by atoms with E-state index in [1.165, 1.54) is 0 Å². The van der Waals surface area contributed by atoms with E-state index >= 15 is 0 Å². The molecule has 2 aromatic rings. The van der Waals surface area contributed by atoms with Gasteiger partial charge in [-0.1, -0.05) is 37.6 Å². The molecular formula is C19H25ClN6O. The number of carbonyl (C=O) groups excluding carboxylic acids is 1. The molecule has 27 heavy (non-hydrogen) atoms. The van der Waals surface area contributed by atoms with Gasteiger partial charge in [0.25, 0.3) is 0 Å². The number of halogens is 1. The Morgan fingerprint density at radius 1 is 1.26 bits per heavy atom. The van der Waals surface area contributed by atoms with E-state index in [0.29, 0.717) is 17.5 Å². The number of benzene rings is 1. The Kier molecular flexibility index (Phi) is 5.92. The lowest BCUT2D eigenvalue weighted by molar-refractivity contribution is -0.125. The average molecular weight is 389 g/mol. The van der Waals surface area contributed by atoms with E-state index in [2.05, 4.69) is 31.9 Å². The van der Waals surface area contributed by atoms with Gasteiger partial charge in [0.1, 0.15) is 0 Å². The molecule has 1 fully saturated rings. The molecule has 0 aliphatic carbocycles. The molecule has 8 heteroatoms. The van der Waals surface area contributed by atoms with Crippen LogP contribution in [0.1, 0.15) is 20.8 Å². The molecule has 0 saturated carbocycles. The number of hydrogen-bond donors (Lipinski definition) is 1. The smallest absolute Gasteiger partial charge is 0.246 e. The number of piperazine rings is 1. The maximum atomic E-state index is 11.8. The Balaban J connectivity index is 1.77. The van der Waals surface area contributed by atoms with Crippen LogP contribution < -0.4 is 10.6 Å². The molecule has 0 spiro atoms. The Morgan fingerprint density at radius 3 is 2.56 bits per heavy atom. The fourth-order valence-electron chi connectivity index (χ4n) is 3.64. The fourth-order valence-corrected chi connectivity index (χ4v) is 3.77. The van der Waals surface area contributed by atoms with Gasteiger partial charge in [-0.3, -0.25) is 9.69 Å². The van der Waals surface area contributed by atoms with Gasteiger partial charge in [-0.2, -0.15) is 5.10 Å². The number of hydrogen-bond acceptors (Lipinski definition) is 6. The summed E-state index contributed by atoms with van der Waals surface area (Å²) in [5.41, 5.74) is 7.31. The summed E-state index contributed by atoms with van der Waals surface area (Å²) >= 11 is 5.96. The molecule has 144 valence electrons. The highest BCUT2D eigenvalue weighted by atomic mass is 35.5. The van der Waals surface area contributed by atoms with Crippen LogP contribution in [-0.4, -0.2) is 57.7 Å². The molecule has 1 amide bonds. The third-order valence-corrected chi connectivity index (χ3v) is 5.17. The number of anilines is 1. The van der Waals surface area contributed by atoms with E-state index in [4.69, 9.17) is 17.3 Å². The summed E-state index contributed by atoms with van der Waals surface area (Å²) in [6.07, 6.45) is 1.65. The standard InChI is InChI=1S/C19H25ClN6O/c1-12(2)17(18(21)27)25-8-9-26(13(3)11-25)19-23-16(10-22-24-19)14-4-6-15(20)7-5-14/h4-7,10,12-13,17H,8-9,11H2,1-3H3,(H2,21,27)/t13-,17?/m1/s1. The first kappa shape index (κ1) is 19.5. The zero-order valence-electron chi connectivity index (χ0n) is 15.8. The summed E-state index contributed by atoms with van der Waals surface area (Å²) in [4.78, 5) is 20.8. The zero-order chi connectivity index (χ0) is 19.6. The minimum absolute atomic E-state index is 0.140. The van der Waals surface area contributed by atoms with Gasteiger partial charge in [-0.15, -0.1) is 5.10 Å². The molecule has 0 radical (unpaired) electrons. The summed E-state index contributed by atoms with van der Waals surface area (Å²) in [5.74, 6) is 0.496. The van der Waals surface area contributed by atoms with E-state index < -0.39 is 0 Å². The van der Waals surface area contributed by atoms with Gasteiger partial charge in [0.2, 0.25) is 11.9 Å². The topological polar surface area (TPSA) is 88.2 Å². The van der Waals surface area contributed by atoms with Crippen molar-refractivity contribution < 1.29 is 4.79 Å². The van der Waals surface area contributed by atoms with Gasteiger partial charge < -0.3 is 10.6 Å². The Bertz CT molecular complexity index is 797. The molecule has 0 bridgehead atoms. The summed E-state index contributed by atoms with van der Waals surface area (Å²) in [7, 11) is 0. The highest BCUT2D eigenvalue weighted by Gasteiger charge is 2.33. The van der Waals surface area contributed by atoms with Gasteiger partial charge >= 0.3 is 0 Å². The van der Waals surface area contributed by atoms with Crippen molar-refractivity contribution in [3.8, 4) is 11.3 Å². The largest absolute Gasteiger partial charge is 0.368 e. The number of nitrogens with zero attached hydrogens (tertiary/aromatic N) is 5. The highest BCUT2D eigenvalue weighted by Crippen LogP contribution is 2.23. The van der Waals surface area contributed by atoms with E-state index in [-0.39, 0.29) is 23.9 Å². The molecule has 7 nitrogen and oxygen atoms in total. The summed E-state index contributed by atoms with van der Waals surface area (Å²) in [5, 5.41) is 9.03. The first-order chi connectivity index (χ1) is 12.9. The summed E-state index contributed by atoms with van der Waals surface area (Å²) in [6, 6.07) is 7.37. The van der Waals surface area contributed by atoms with Crippen molar-refractivity contribution in [2.75, 3.05) is 24.5 Å². The SMILES string of the molecule is CC(C)C(C(N)=O)N1CCN(c2nncc(-c3ccc(Cl)cc3)n2)[C@H](C)C1. The maximum absolute atomic E-state index is 11.8. The number of amides is 1. The first-order valence-corrected chi connectivity index (χ1v) is 9.50. The average Bonchev–Trinajstić information content (AvgIpc) is 2.62. The molecular weight excluding hydrogens is 364 g/mol. The van der Waals surface area contributed by atoms with Crippen LogP contribution in [0.5, 0.6) is 0 Å². The monoisotopic (exact) mass is 388 g/mol. The van der Waals surface area contributed by atoms with Crippen molar-refractivity contribution in [2.45, 2.75) is 32.9 Å². The molecule has 2 heterocycles. The quantitative estimate of drug-likeness (QED) is 0.844. The van der Waals surface area contributed by atoms with Crippen molar-refractivity contribution in [3.63, 3.8) is 0 Å². The Morgan fingerprint density at radius 2 is 1.96 bits per heavy atom. The fraction of sp³-hybridized carbons (Fsp3) is 0.474. The lowest BCUT2D eigenvalue weighted by Gasteiger charge is -2.43. The van der Waals surface area contributed by atoms with Gasteiger partial charge in [0.15, 0.2) is 0 Å². The van der Waals surface area contributed by atoms with Crippen molar-refractivity contribution in [3.05, 3.63) is 35.5 Å². The number of primary amides is 1. The maximum Gasteiger partial charge on any atom is 0.246 e. The van der Waals surface area contributed by atoms with Crippen LogP contribution >= 0.6 is 11.6 Å². The summed E-state index contributed by atoms with van der Waals surface area (Å²) in [6.45, 7) is 8.31. The number of nitrogens with two attached hydrogens (primary N) is 1. The summed E-state index contributed by atoms with van der Waals surface area (Å²) < 4.78 is 0. The van der Waals surface area contributed by atoms with Crippen molar-refractivity contribution >= 4 is 23.5 Å². The van der Waals surface area contributed by atoms with Crippen LogP contribution in [0.3, 0.4) is 0 Å². The van der Waals surface area contributed by atoms with Crippen LogP contribution in [0.25, 0.3) is 11.3 Å². The second-order valence-electron chi connectivity index (χ2n) is 7.28. The zero-order valence-corrected chi connectivity index (χ0v) is 16.6. The molecule has 1 saturated heterocycles. The number of carbonyl (C=O) groups is 1. The number of rotatable bonds is 5. The predicted molar refractivity (Wildman–Crippen MR) is 106 cm³/mol. The van der Waals surface area contributed by atoms with E-state index in [0.717, 1.165) is 24.3 Å². The molecule has 1 aromatic heterocycles. The second-order valence-corrected chi connectivity index (χ2v) is 7.71. The third-order valence-electron chi connectivity index (χ3n) is 4.92. The van der Waals surface area contributed by atoms with Crippen LogP contribution in [-0.2, 0) is 4.79 Å². The van der Waals surface area contributed by atoms with Crippen molar-refractivity contribution in [1.29, 1.82) is 0 Å². The van der Waals surface area contributed by atoms with Crippen LogP contribution in [0.4, 0.5) is 5.95 Å². The lowest BCUT2D eigenvalue weighted by atomic mass is 10.00.